The molecule has 1 aliphatic rings. The highest BCUT2D eigenvalue weighted by molar-refractivity contribution is 5.94. The van der Waals surface area contributed by atoms with Gasteiger partial charge in [-0.05, 0) is 50.4 Å². The summed E-state index contributed by atoms with van der Waals surface area (Å²) in [4.78, 5) is 28.6. The van der Waals surface area contributed by atoms with Crippen LogP contribution in [0.15, 0.2) is 48.5 Å². The molecule has 0 bridgehead atoms. The van der Waals surface area contributed by atoms with E-state index in [9.17, 15) is 9.59 Å². The number of aryl methyl sites for hydroxylation is 1. The molecule has 0 atom stereocenters. The predicted octanol–water partition coefficient (Wildman–Crippen LogP) is 1.88. The number of benzene rings is 2. The standard InChI is InChI=1S/C22H28N4O3/c1-17-3-9-20(10-4-17)29-16-22(28)23-15-21(27)24-18-5-7-19(8-6-18)26-13-11-25(2)12-14-26/h3-10H,11-16H2,1-2H3,(H,23,28)(H,24,27). The number of anilines is 2. The number of nitrogens with one attached hydrogen (secondary N) is 2. The Balaban J connectivity index is 1.38. The van der Waals surface area contributed by atoms with Crippen LogP contribution < -0.4 is 20.3 Å². The van der Waals surface area contributed by atoms with Crippen molar-refractivity contribution in [2.45, 2.75) is 6.92 Å². The summed E-state index contributed by atoms with van der Waals surface area (Å²) in [6.07, 6.45) is 0. The van der Waals surface area contributed by atoms with Crippen molar-refractivity contribution in [3.63, 3.8) is 0 Å². The maximum absolute atomic E-state index is 12.1. The van der Waals surface area contributed by atoms with Crippen LogP contribution in [-0.4, -0.2) is 63.1 Å². The third-order valence-electron chi connectivity index (χ3n) is 4.86. The molecule has 29 heavy (non-hydrogen) atoms. The smallest absolute Gasteiger partial charge is 0.258 e. The van der Waals surface area contributed by atoms with Crippen LogP contribution in [0.1, 0.15) is 5.56 Å². The van der Waals surface area contributed by atoms with Crippen LogP contribution in [0.2, 0.25) is 0 Å². The molecule has 0 spiro atoms. The Morgan fingerprint density at radius 1 is 0.931 bits per heavy atom. The van der Waals surface area contributed by atoms with E-state index < -0.39 is 0 Å². The van der Waals surface area contributed by atoms with E-state index in [1.165, 1.54) is 0 Å². The molecule has 7 heteroatoms. The number of piperazine rings is 1. The SMILES string of the molecule is Cc1ccc(OCC(=O)NCC(=O)Nc2ccc(N3CCN(C)CC3)cc2)cc1. The van der Waals surface area contributed by atoms with E-state index in [1.807, 2.05) is 43.3 Å². The Morgan fingerprint density at radius 2 is 1.59 bits per heavy atom. The van der Waals surface area contributed by atoms with E-state index >= 15 is 0 Å². The summed E-state index contributed by atoms with van der Waals surface area (Å²) in [7, 11) is 2.13. The van der Waals surface area contributed by atoms with Crippen molar-refractivity contribution < 1.29 is 14.3 Å². The van der Waals surface area contributed by atoms with Crippen molar-refractivity contribution in [2.75, 3.05) is 56.6 Å². The average molecular weight is 396 g/mol. The number of nitrogens with zero attached hydrogens (tertiary/aromatic N) is 2. The van der Waals surface area contributed by atoms with Crippen molar-refractivity contribution >= 4 is 23.2 Å². The van der Waals surface area contributed by atoms with Gasteiger partial charge in [0.1, 0.15) is 5.75 Å². The number of hydrogen-bond donors (Lipinski definition) is 2. The summed E-state index contributed by atoms with van der Waals surface area (Å²) in [5.41, 5.74) is 2.98. The lowest BCUT2D eigenvalue weighted by atomic mass is 10.2. The van der Waals surface area contributed by atoms with E-state index in [0.29, 0.717) is 11.4 Å². The summed E-state index contributed by atoms with van der Waals surface area (Å²) in [5.74, 6) is 0.00261. The van der Waals surface area contributed by atoms with Gasteiger partial charge in [-0.2, -0.15) is 0 Å². The first kappa shape index (κ1) is 20.7. The fraction of sp³-hybridized carbons (Fsp3) is 0.364. The van der Waals surface area contributed by atoms with Crippen LogP contribution >= 0.6 is 0 Å². The summed E-state index contributed by atoms with van der Waals surface area (Å²) in [6.45, 7) is 5.84. The zero-order valence-corrected chi connectivity index (χ0v) is 17.0. The van der Waals surface area contributed by atoms with Crippen molar-refractivity contribution in [2.24, 2.45) is 0 Å². The summed E-state index contributed by atoms with van der Waals surface area (Å²) in [5, 5.41) is 5.36. The van der Waals surface area contributed by atoms with E-state index in [1.54, 1.807) is 12.1 Å². The molecule has 2 aromatic carbocycles. The van der Waals surface area contributed by atoms with Gasteiger partial charge in [-0.25, -0.2) is 0 Å². The molecule has 0 radical (unpaired) electrons. The van der Waals surface area contributed by atoms with Gasteiger partial charge >= 0.3 is 0 Å². The molecular formula is C22H28N4O3. The number of carbonyl (C=O) groups is 2. The Labute approximate surface area is 171 Å². The highest BCUT2D eigenvalue weighted by Gasteiger charge is 2.14. The lowest BCUT2D eigenvalue weighted by Crippen LogP contribution is -2.44. The minimum atomic E-state index is -0.342. The van der Waals surface area contributed by atoms with E-state index in [2.05, 4.69) is 27.5 Å². The second-order valence-electron chi connectivity index (χ2n) is 7.26. The third-order valence-corrected chi connectivity index (χ3v) is 4.86. The Bertz CT molecular complexity index is 813. The molecule has 1 fully saturated rings. The largest absolute Gasteiger partial charge is 0.484 e. The molecule has 2 amide bonds. The second-order valence-corrected chi connectivity index (χ2v) is 7.26. The quantitative estimate of drug-likeness (QED) is 0.748. The second kappa shape index (κ2) is 9.93. The molecule has 1 heterocycles. The molecule has 2 N–H and O–H groups in total. The minimum absolute atomic E-state index is 0.101. The fourth-order valence-corrected chi connectivity index (χ4v) is 3.04. The summed E-state index contributed by atoms with van der Waals surface area (Å²) >= 11 is 0. The highest BCUT2D eigenvalue weighted by Crippen LogP contribution is 2.19. The molecule has 1 saturated heterocycles. The lowest BCUT2D eigenvalue weighted by Gasteiger charge is -2.34. The van der Waals surface area contributed by atoms with Gasteiger partial charge in [-0.1, -0.05) is 17.7 Å². The maximum Gasteiger partial charge on any atom is 0.258 e. The van der Waals surface area contributed by atoms with Gasteiger partial charge in [0, 0.05) is 37.6 Å². The number of hydrogen-bond acceptors (Lipinski definition) is 5. The lowest BCUT2D eigenvalue weighted by molar-refractivity contribution is -0.125. The highest BCUT2D eigenvalue weighted by atomic mass is 16.5. The molecule has 0 aliphatic carbocycles. The number of rotatable bonds is 7. The Hall–Kier alpha value is -3.06. The predicted molar refractivity (Wildman–Crippen MR) is 114 cm³/mol. The fourth-order valence-electron chi connectivity index (χ4n) is 3.04. The first-order valence-electron chi connectivity index (χ1n) is 9.79. The van der Waals surface area contributed by atoms with E-state index in [-0.39, 0.29) is 25.0 Å². The monoisotopic (exact) mass is 396 g/mol. The molecule has 3 rings (SSSR count). The van der Waals surface area contributed by atoms with Crippen LogP contribution in [0.25, 0.3) is 0 Å². The van der Waals surface area contributed by atoms with Crippen molar-refractivity contribution in [3.05, 3.63) is 54.1 Å². The molecule has 0 unspecified atom stereocenters. The van der Waals surface area contributed by atoms with Crippen molar-refractivity contribution in [1.29, 1.82) is 0 Å². The Kier molecular flexibility index (Phi) is 7.08. The average Bonchev–Trinajstić information content (AvgIpc) is 2.73. The number of ether oxygens (including phenoxy) is 1. The third kappa shape index (κ3) is 6.50. The van der Waals surface area contributed by atoms with Crippen LogP contribution in [0.3, 0.4) is 0 Å². The van der Waals surface area contributed by atoms with Gasteiger partial charge in [0.25, 0.3) is 5.91 Å². The number of likely N-dealkylation sites (N-methyl/N-ethyl adjacent to an activating group) is 1. The van der Waals surface area contributed by atoms with Crippen LogP contribution in [0.4, 0.5) is 11.4 Å². The maximum atomic E-state index is 12.1. The molecule has 154 valence electrons. The molecular weight excluding hydrogens is 368 g/mol. The van der Waals surface area contributed by atoms with Crippen molar-refractivity contribution in [3.8, 4) is 5.75 Å². The van der Waals surface area contributed by atoms with Gasteiger partial charge < -0.3 is 25.2 Å². The minimum Gasteiger partial charge on any atom is -0.484 e. The van der Waals surface area contributed by atoms with E-state index in [4.69, 9.17) is 4.74 Å². The van der Waals surface area contributed by atoms with E-state index in [0.717, 1.165) is 37.4 Å². The zero-order valence-electron chi connectivity index (χ0n) is 17.0. The summed E-state index contributed by atoms with van der Waals surface area (Å²) < 4.78 is 5.40. The molecule has 7 nitrogen and oxygen atoms in total. The topological polar surface area (TPSA) is 73.9 Å². The number of carbonyl (C=O) groups excluding carboxylic acids is 2. The first-order chi connectivity index (χ1) is 14.0. The number of amides is 2. The van der Waals surface area contributed by atoms with Gasteiger partial charge in [-0.3, -0.25) is 9.59 Å². The molecule has 1 aliphatic heterocycles. The summed E-state index contributed by atoms with van der Waals surface area (Å²) in [6, 6.07) is 15.2. The van der Waals surface area contributed by atoms with Gasteiger partial charge in [0.2, 0.25) is 5.91 Å². The van der Waals surface area contributed by atoms with Gasteiger partial charge in [0.15, 0.2) is 6.61 Å². The zero-order chi connectivity index (χ0) is 20.6. The van der Waals surface area contributed by atoms with Crippen LogP contribution in [0.5, 0.6) is 5.75 Å². The first-order valence-corrected chi connectivity index (χ1v) is 9.79. The normalized spacial score (nSPS) is 14.3. The molecule has 0 saturated carbocycles. The Morgan fingerprint density at radius 3 is 2.24 bits per heavy atom. The van der Waals surface area contributed by atoms with Crippen molar-refractivity contribution in [1.82, 2.24) is 10.2 Å². The molecule has 0 aromatic heterocycles. The van der Waals surface area contributed by atoms with Crippen LogP contribution in [0, 0.1) is 6.92 Å². The van der Waals surface area contributed by atoms with Gasteiger partial charge in [-0.15, -0.1) is 0 Å². The van der Waals surface area contributed by atoms with Gasteiger partial charge in [0.05, 0.1) is 6.54 Å². The van der Waals surface area contributed by atoms with Crippen LogP contribution in [-0.2, 0) is 9.59 Å². The molecule has 2 aromatic rings.